The topological polar surface area (TPSA) is 25.2 Å². The SMILES string of the molecule is Cc1oc2ccccc2c1CNc1cc(F)cc(F)c1. The number of halogens is 2. The molecule has 0 bridgehead atoms. The van der Waals surface area contributed by atoms with Gasteiger partial charge in [-0.05, 0) is 25.1 Å². The Morgan fingerprint density at radius 2 is 1.75 bits per heavy atom. The van der Waals surface area contributed by atoms with Crippen LogP contribution < -0.4 is 5.32 Å². The van der Waals surface area contributed by atoms with Crippen molar-refractivity contribution in [2.45, 2.75) is 13.5 Å². The predicted molar refractivity (Wildman–Crippen MR) is 74.6 cm³/mol. The number of rotatable bonds is 3. The number of furan rings is 1. The molecule has 20 heavy (non-hydrogen) atoms. The molecule has 0 spiro atoms. The minimum Gasteiger partial charge on any atom is -0.461 e. The van der Waals surface area contributed by atoms with Crippen molar-refractivity contribution in [3.63, 3.8) is 0 Å². The number of nitrogens with one attached hydrogen (secondary N) is 1. The molecule has 0 unspecified atom stereocenters. The maximum absolute atomic E-state index is 13.1. The second kappa shape index (κ2) is 4.96. The molecule has 2 aromatic carbocycles. The molecule has 1 N–H and O–H groups in total. The van der Waals surface area contributed by atoms with Crippen molar-refractivity contribution < 1.29 is 13.2 Å². The summed E-state index contributed by atoms with van der Waals surface area (Å²) in [6.45, 7) is 2.33. The minimum absolute atomic E-state index is 0.409. The van der Waals surface area contributed by atoms with Gasteiger partial charge in [0, 0.05) is 29.2 Å². The van der Waals surface area contributed by atoms with Gasteiger partial charge in [0.05, 0.1) is 0 Å². The summed E-state index contributed by atoms with van der Waals surface area (Å²) in [6, 6.07) is 11.1. The quantitative estimate of drug-likeness (QED) is 0.752. The van der Waals surface area contributed by atoms with Crippen LogP contribution in [0.4, 0.5) is 14.5 Å². The zero-order valence-corrected chi connectivity index (χ0v) is 10.9. The summed E-state index contributed by atoms with van der Waals surface area (Å²) >= 11 is 0. The lowest BCUT2D eigenvalue weighted by molar-refractivity contribution is 0.573. The van der Waals surface area contributed by atoms with Crippen molar-refractivity contribution in [3.05, 3.63) is 65.4 Å². The van der Waals surface area contributed by atoms with E-state index in [-0.39, 0.29) is 0 Å². The van der Waals surface area contributed by atoms with E-state index in [9.17, 15) is 8.78 Å². The predicted octanol–water partition coefficient (Wildman–Crippen LogP) is 4.63. The molecule has 3 rings (SSSR count). The average molecular weight is 273 g/mol. The van der Waals surface area contributed by atoms with Crippen LogP contribution in [0.25, 0.3) is 11.0 Å². The summed E-state index contributed by atoms with van der Waals surface area (Å²) in [5, 5.41) is 4.03. The number of aryl methyl sites for hydroxylation is 1. The number of hydrogen-bond acceptors (Lipinski definition) is 2. The molecule has 0 saturated carbocycles. The first-order valence-corrected chi connectivity index (χ1v) is 6.30. The highest BCUT2D eigenvalue weighted by Gasteiger charge is 2.10. The van der Waals surface area contributed by atoms with Gasteiger partial charge in [-0.2, -0.15) is 0 Å². The van der Waals surface area contributed by atoms with Crippen LogP contribution in [0.3, 0.4) is 0 Å². The minimum atomic E-state index is -0.596. The maximum Gasteiger partial charge on any atom is 0.134 e. The van der Waals surface area contributed by atoms with Gasteiger partial charge in [-0.25, -0.2) is 8.78 Å². The zero-order chi connectivity index (χ0) is 14.1. The van der Waals surface area contributed by atoms with Gasteiger partial charge in [0.1, 0.15) is 23.0 Å². The molecule has 0 atom stereocenters. The summed E-state index contributed by atoms with van der Waals surface area (Å²) in [5.41, 5.74) is 2.21. The Kier molecular flexibility index (Phi) is 3.14. The van der Waals surface area contributed by atoms with Crippen molar-refractivity contribution >= 4 is 16.7 Å². The number of benzene rings is 2. The maximum atomic E-state index is 13.1. The molecule has 1 aromatic heterocycles. The van der Waals surface area contributed by atoms with E-state index in [1.807, 2.05) is 31.2 Å². The van der Waals surface area contributed by atoms with E-state index in [2.05, 4.69) is 5.32 Å². The number of anilines is 1. The molecule has 0 saturated heterocycles. The summed E-state index contributed by atoms with van der Waals surface area (Å²) in [6.07, 6.45) is 0. The number of fused-ring (bicyclic) bond motifs is 1. The molecule has 0 aliphatic carbocycles. The van der Waals surface area contributed by atoms with Crippen LogP contribution in [0.5, 0.6) is 0 Å². The Morgan fingerprint density at radius 1 is 1.05 bits per heavy atom. The van der Waals surface area contributed by atoms with Crippen molar-refractivity contribution in [3.8, 4) is 0 Å². The molecular weight excluding hydrogens is 260 g/mol. The van der Waals surface area contributed by atoms with Crippen molar-refractivity contribution in [1.29, 1.82) is 0 Å². The van der Waals surface area contributed by atoms with E-state index in [0.29, 0.717) is 12.2 Å². The summed E-state index contributed by atoms with van der Waals surface area (Å²) in [4.78, 5) is 0. The summed E-state index contributed by atoms with van der Waals surface area (Å²) < 4.78 is 31.9. The normalized spacial score (nSPS) is 10.9. The lowest BCUT2D eigenvalue weighted by Gasteiger charge is -2.06. The first-order chi connectivity index (χ1) is 9.63. The molecule has 2 nitrogen and oxygen atoms in total. The second-order valence-corrected chi connectivity index (χ2v) is 4.64. The second-order valence-electron chi connectivity index (χ2n) is 4.64. The van der Waals surface area contributed by atoms with Gasteiger partial charge in [-0.15, -0.1) is 0 Å². The van der Waals surface area contributed by atoms with Gasteiger partial charge >= 0.3 is 0 Å². The third-order valence-corrected chi connectivity index (χ3v) is 3.23. The molecule has 0 aliphatic rings. The molecule has 0 radical (unpaired) electrons. The smallest absolute Gasteiger partial charge is 0.134 e. The fourth-order valence-electron chi connectivity index (χ4n) is 2.29. The first-order valence-electron chi connectivity index (χ1n) is 6.30. The zero-order valence-electron chi connectivity index (χ0n) is 10.9. The van der Waals surface area contributed by atoms with E-state index in [4.69, 9.17) is 4.42 Å². The first kappa shape index (κ1) is 12.7. The molecule has 4 heteroatoms. The van der Waals surface area contributed by atoms with E-state index in [1.165, 1.54) is 12.1 Å². The largest absolute Gasteiger partial charge is 0.461 e. The Balaban J connectivity index is 1.88. The highest BCUT2D eigenvalue weighted by molar-refractivity contribution is 5.82. The van der Waals surface area contributed by atoms with Crippen LogP contribution in [0.1, 0.15) is 11.3 Å². The Labute approximate surface area is 115 Å². The summed E-state index contributed by atoms with van der Waals surface area (Å²) in [5.74, 6) is -0.391. The lowest BCUT2D eigenvalue weighted by atomic mass is 10.1. The Bertz CT molecular complexity index is 744. The number of para-hydroxylation sites is 1. The van der Waals surface area contributed by atoms with E-state index in [1.54, 1.807) is 0 Å². The van der Waals surface area contributed by atoms with Crippen LogP contribution in [-0.4, -0.2) is 0 Å². The molecular formula is C16H13F2NO. The molecule has 102 valence electrons. The molecule has 3 aromatic rings. The third kappa shape index (κ3) is 2.37. The fraction of sp³-hybridized carbons (Fsp3) is 0.125. The molecule has 0 aliphatic heterocycles. The molecule has 0 amide bonds. The Morgan fingerprint density at radius 3 is 2.50 bits per heavy atom. The van der Waals surface area contributed by atoms with Crippen LogP contribution >= 0.6 is 0 Å². The van der Waals surface area contributed by atoms with Crippen LogP contribution in [0.15, 0.2) is 46.9 Å². The van der Waals surface area contributed by atoms with Gasteiger partial charge in [0.15, 0.2) is 0 Å². The summed E-state index contributed by atoms with van der Waals surface area (Å²) in [7, 11) is 0. The van der Waals surface area contributed by atoms with Crippen LogP contribution in [-0.2, 0) is 6.54 Å². The molecule has 1 heterocycles. The average Bonchev–Trinajstić information content (AvgIpc) is 2.71. The molecule has 0 fully saturated rings. The standard InChI is InChI=1S/C16H13F2NO/c1-10-15(14-4-2-3-5-16(14)20-10)9-19-13-7-11(17)6-12(18)8-13/h2-8,19H,9H2,1H3. The van der Waals surface area contributed by atoms with Crippen molar-refractivity contribution in [2.75, 3.05) is 5.32 Å². The van der Waals surface area contributed by atoms with Crippen molar-refractivity contribution in [1.82, 2.24) is 0 Å². The van der Waals surface area contributed by atoms with Gasteiger partial charge < -0.3 is 9.73 Å². The van der Waals surface area contributed by atoms with Gasteiger partial charge in [0.25, 0.3) is 0 Å². The van der Waals surface area contributed by atoms with Gasteiger partial charge in [-0.3, -0.25) is 0 Å². The lowest BCUT2D eigenvalue weighted by Crippen LogP contribution is -2.01. The monoisotopic (exact) mass is 273 g/mol. The fourth-order valence-corrected chi connectivity index (χ4v) is 2.29. The van der Waals surface area contributed by atoms with E-state index < -0.39 is 11.6 Å². The van der Waals surface area contributed by atoms with Gasteiger partial charge in [0.2, 0.25) is 0 Å². The third-order valence-electron chi connectivity index (χ3n) is 3.23. The van der Waals surface area contributed by atoms with Crippen LogP contribution in [0, 0.1) is 18.6 Å². The Hall–Kier alpha value is -2.36. The van der Waals surface area contributed by atoms with Crippen LogP contribution in [0.2, 0.25) is 0 Å². The van der Waals surface area contributed by atoms with Gasteiger partial charge in [-0.1, -0.05) is 18.2 Å². The van der Waals surface area contributed by atoms with E-state index in [0.717, 1.165) is 28.4 Å². The van der Waals surface area contributed by atoms with Crippen molar-refractivity contribution in [2.24, 2.45) is 0 Å². The number of hydrogen-bond donors (Lipinski definition) is 1. The highest BCUT2D eigenvalue weighted by atomic mass is 19.1. The highest BCUT2D eigenvalue weighted by Crippen LogP contribution is 2.26. The van der Waals surface area contributed by atoms with E-state index >= 15 is 0 Å².